The highest BCUT2D eigenvalue weighted by Crippen LogP contribution is 2.25. The highest BCUT2D eigenvalue weighted by atomic mass is 16.6. The number of unbranched alkanes of at least 4 members (excludes halogenated alkanes) is 1. The summed E-state index contributed by atoms with van der Waals surface area (Å²) in [6.45, 7) is 20.4. The highest BCUT2D eigenvalue weighted by molar-refractivity contribution is 5.68. The Bertz CT molecular complexity index is 318. The maximum atomic E-state index is 11.9. The predicted octanol–water partition coefficient (Wildman–Crippen LogP) is 4.78. The molecule has 1 unspecified atom stereocenters. The minimum atomic E-state index is -0.388. The Balaban J connectivity index is 0.000000705. The van der Waals surface area contributed by atoms with Crippen molar-refractivity contribution < 1.29 is 9.53 Å². The van der Waals surface area contributed by atoms with Gasteiger partial charge in [0.15, 0.2) is 0 Å². The van der Waals surface area contributed by atoms with Crippen molar-refractivity contribution in [1.82, 2.24) is 9.80 Å². The second-order valence-corrected chi connectivity index (χ2v) is 7.43. The van der Waals surface area contributed by atoms with E-state index in [0.717, 1.165) is 25.4 Å². The fourth-order valence-electron chi connectivity index (χ4n) is 2.58. The number of hydrogen-bond donors (Lipinski definition) is 0. The van der Waals surface area contributed by atoms with Crippen LogP contribution in [0.4, 0.5) is 4.79 Å². The van der Waals surface area contributed by atoms with Crippen LogP contribution in [0.3, 0.4) is 0 Å². The molecule has 0 aromatic carbocycles. The van der Waals surface area contributed by atoms with Crippen LogP contribution in [0.2, 0.25) is 0 Å². The third kappa shape index (κ3) is 8.59. The predicted molar refractivity (Wildman–Crippen MR) is 98.9 cm³/mol. The molecule has 0 aromatic rings. The van der Waals surface area contributed by atoms with Crippen LogP contribution in [0.5, 0.6) is 0 Å². The molecule has 2 aliphatic rings. The Hall–Kier alpha value is -0.770. The molecule has 4 nitrogen and oxygen atoms in total. The summed E-state index contributed by atoms with van der Waals surface area (Å²) in [5.41, 5.74) is -0.388. The molecule has 2 fully saturated rings. The van der Waals surface area contributed by atoms with Crippen LogP contribution < -0.4 is 0 Å². The molecular formula is C19H40N2O2. The Morgan fingerprint density at radius 1 is 1.09 bits per heavy atom. The van der Waals surface area contributed by atoms with E-state index >= 15 is 0 Å². The molecule has 1 atom stereocenters. The summed E-state index contributed by atoms with van der Waals surface area (Å²) in [7, 11) is 0. The maximum Gasteiger partial charge on any atom is 0.410 e. The van der Waals surface area contributed by atoms with E-state index < -0.39 is 0 Å². The van der Waals surface area contributed by atoms with E-state index in [1.807, 2.05) is 39.5 Å². The van der Waals surface area contributed by atoms with E-state index in [4.69, 9.17) is 4.74 Å². The van der Waals surface area contributed by atoms with Gasteiger partial charge in [-0.3, -0.25) is 4.90 Å². The van der Waals surface area contributed by atoms with Crippen molar-refractivity contribution in [3.8, 4) is 0 Å². The van der Waals surface area contributed by atoms with Crippen LogP contribution in [-0.4, -0.2) is 53.7 Å². The van der Waals surface area contributed by atoms with Crippen molar-refractivity contribution in [1.29, 1.82) is 0 Å². The van der Waals surface area contributed by atoms with E-state index in [1.165, 1.54) is 25.9 Å². The van der Waals surface area contributed by atoms with E-state index in [0.29, 0.717) is 6.04 Å². The fourth-order valence-corrected chi connectivity index (χ4v) is 2.58. The molecule has 0 saturated carbocycles. The van der Waals surface area contributed by atoms with Gasteiger partial charge in [0.05, 0.1) is 0 Å². The van der Waals surface area contributed by atoms with E-state index in [-0.39, 0.29) is 11.7 Å². The van der Waals surface area contributed by atoms with Crippen LogP contribution in [0.15, 0.2) is 0 Å². The van der Waals surface area contributed by atoms with Gasteiger partial charge in [-0.05, 0) is 33.1 Å². The lowest BCUT2D eigenvalue weighted by Crippen LogP contribution is -2.52. The molecule has 0 spiro atoms. The van der Waals surface area contributed by atoms with Crippen molar-refractivity contribution in [2.75, 3.05) is 26.2 Å². The van der Waals surface area contributed by atoms with Crippen molar-refractivity contribution in [3.05, 3.63) is 0 Å². The largest absolute Gasteiger partial charge is 0.444 e. The van der Waals surface area contributed by atoms with Gasteiger partial charge in [0.2, 0.25) is 0 Å². The van der Waals surface area contributed by atoms with Crippen molar-refractivity contribution in [3.63, 3.8) is 0 Å². The van der Waals surface area contributed by atoms with E-state index in [1.54, 1.807) is 0 Å². The zero-order valence-corrected chi connectivity index (χ0v) is 16.8. The Morgan fingerprint density at radius 2 is 1.61 bits per heavy atom. The smallest absolute Gasteiger partial charge is 0.410 e. The molecule has 0 aliphatic carbocycles. The number of hydrogen-bond acceptors (Lipinski definition) is 3. The molecular weight excluding hydrogens is 288 g/mol. The van der Waals surface area contributed by atoms with Gasteiger partial charge in [0.1, 0.15) is 5.60 Å². The van der Waals surface area contributed by atoms with Gasteiger partial charge in [0, 0.05) is 32.2 Å². The second kappa shape index (κ2) is 10.9. The van der Waals surface area contributed by atoms with E-state index in [9.17, 15) is 4.79 Å². The summed E-state index contributed by atoms with van der Waals surface area (Å²) in [6.07, 6.45) is 3.57. The average Bonchev–Trinajstić information content (AvgIpc) is 2.94. The van der Waals surface area contributed by atoms with Gasteiger partial charge in [0.25, 0.3) is 0 Å². The molecule has 2 aliphatic heterocycles. The molecule has 138 valence electrons. The SMILES string of the molecule is CC.CC1CN(C2CCN(C(=O)OC(C)(C)C)C2)C1.CCCC. The Labute approximate surface area is 144 Å². The molecule has 0 radical (unpaired) electrons. The standard InChI is InChI=1S/C13H24N2O2.C4H10.C2H6/c1-10-7-15(8-10)11-5-6-14(9-11)12(16)17-13(2,3)4;1-3-4-2;1-2/h10-11H,5-9H2,1-4H3;3-4H2,1-2H3;1-2H3. The normalized spacial score (nSPS) is 21.6. The number of nitrogens with zero attached hydrogens (tertiary/aromatic N) is 2. The summed E-state index contributed by atoms with van der Waals surface area (Å²) in [4.78, 5) is 16.2. The minimum Gasteiger partial charge on any atom is -0.444 e. The number of carbonyl (C=O) groups is 1. The van der Waals surface area contributed by atoms with Gasteiger partial charge >= 0.3 is 6.09 Å². The molecule has 0 N–H and O–H groups in total. The van der Waals surface area contributed by atoms with Gasteiger partial charge in [-0.1, -0.05) is 47.5 Å². The third-order valence-electron chi connectivity index (χ3n) is 3.92. The number of likely N-dealkylation sites (tertiary alicyclic amines) is 2. The monoisotopic (exact) mass is 328 g/mol. The number of rotatable bonds is 2. The third-order valence-corrected chi connectivity index (χ3v) is 3.92. The average molecular weight is 329 g/mol. The topological polar surface area (TPSA) is 32.8 Å². The van der Waals surface area contributed by atoms with Crippen LogP contribution in [0.25, 0.3) is 0 Å². The lowest BCUT2D eigenvalue weighted by molar-refractivity contribution is 0.0243. The van der Waals surface area contributed by atoms with Gasteiger partial charge < -0.3 is 9.64 Å². The van der Waals surface area contributed by atoms with Crippen LogP contribution in [-0.2, 0) is 4.74 Å². The lowest BCUT2D eigenvalue weighted by Gasteiger charge is -2.41. The number of carbonyl (C=O) groups excluding carboxylic acids is 1. The first kappa shape index (κ1) is 22.2. The van der Waals surface area contributed by atoms with Crippen LogP contribution in [0, 0.1) is 5.92 Å². The lowest BCUT2D eigenvalue weighted by atomic mass is 9.99. The zero-order chi connectivity index (χ0) is 18.0. The first-order valence-corrected chi connectivity index (χ1v) is 9.48. The number of ether oxygens (including phenoxy) is 1. The van der Waals surface area contributed by atoms with Crippen LogP contribution in [0.1, 0.15) is 74.7 Å². The minimum absolute atomic E-state index is 0.159. The molecule has 4 heteroatoms. The van der Waals surface area contributed by atoms with Gasteiger partial charge in [-0.25, -0.2) is 4.79 Å². The fraction of sp³-hybridized carbons (Fsp3) is 0.947. The second-order valence-electron chi connectivity index (χ2n) is 7.43. The summed E-state index contributed by atoms with van der Waals surface area (Å²) in [6, 6.07) is 0.554. The molecule has 2 rings (SSSR count). The molecule has 2 heterocycles. The van der Waals surface area contributed by atoms with E-state index in [2.05, 4.69) is 25.7 Å². The quantitative estimate of drug-likeness (QED) is 0.731. The van der Waals surface area contributed by atoms with Crippen LogP contribution >= 0.6 is 0 Å². The molecule has 2 saturated heterocycles. The molecule has 23 heavy (non-hydrogen) atoms. The summed E-state index contributed by atoms with van der Waals surface area (Å²) in [5, 5.41) is 0. The summed E-state index contributed by atoms with van der Waals surface area (Å²) in [5.74, 6) is 0.825. The van der Waals surface area contributed by atoms with Crippen molar-refractivity contribution in [2.45, 2.75) is 86.3 Å². The van der Waals surface area contributed by atoms with Crippen molar-refractivity contribution >= 4 is 6.09 Å². The Kier molecular flexibility index (Phi) is 10.5. The van der Waals surface area contributed by atoms with Gasteiger partial charge in [-0.2, -0.15) is 0 Å². The summed E-state index contributed by atoms with van der Waals surface area (Å²) >= 11 is 0. The number of amides is 1. The first-order valence-electron chi connectivity index (χ1n) is 9.48. The highest BCUT2D eigenvalue weighted by Gasteiger charge is 2.36. The summed E-state index contributed by atoms with van der Waals surface area (Å²) < 4.78 is 5.39. The molecule has 0 aromatic heterocycles. The maximum absolute atomic E-state index is 11.9. The Morgan fingerprint density at radius 3 is 2.00 bits per heavy atom. The van der Waals surface area contributed by atoms with Gasteiger partial charge in [-0.15, -0.1) is 0 Å². The first-order chi connectivity index (χ1) is 10.8. The molecule has 1 amide bonds. The zero-order valence-electron chi connectivity index (χ0n) is 16.8. The van der Waals surface area contributed by atoms with Crippen molar-refractivity contribution in [2.24, 2.45) is 5.92 Å². The molecule has 0 bridgehead atoms.